The molecule has 0 fully saturated rings. The van der Waals surface area contributed by atoms with Crippen LogP contribution >= 0.6 is 21.6 Å². The van der Waals surface area contributed by atoms with E-state index >= 15 is 0 Å². The van der Waals surface area contributed by atoms with Gasteiger partial charge in [0.15, 0.2) is 5.69 Å². The van der Waals surface area contributed by atoms with E-state index in [2.05, 4.69) is 43.6 Å². The summed E-state index contributed by atoms with van der Waals surface area (Å²) < 4.78 is 5.95. The Hall–Kier alpha value is -2.75. The summed E-state index contributed by atoms with van der Waals surface area (Å²) in [6.45, 7) is 10.2. The Kier molecular flexibility index (Phi) is 23.2. The standard InChI is InChI=1S/C43H61N3OS2/c1-3-4-5-6-7-8-12-15-18-21-36-48-49-37-22-19-16-13-10-9-11-14-17-20-35-47-43-33-31-42(32-34-43)46-45-41-29-25-39(26-30-41)38-23-27-40(44-2)28-24-38/h23-34H,3-22,35-37H2,1H3. The fourth-order valence-electron chi connectivity index (χ4n) is 5.81. The van der Waals surface area contributed by atoms with Crippen LogP contribution in [-0.4, -0.2) is 18.1 Å². The first kappa shape index (κ1) is 40.7. The van der Waals surface area contributed by atoms with Gasteiger partial charge < -0.3 is 4.74 Å². The predicted molar refractivity (Wildman–Crippen MR) is 217 cm³/mol. The number of unbranched alkanes of at least 4 members (excludes halogenated alkanes) is 18. The highest BCUT2D eigenvalue weighted by Gasteiger charge is 2.01. The molecule has 0 atom stereocenters. The van der Waals surface area contributed by atoms with Gasteiger partial charge in [0.2, 0.25) is 0 Å². The van der Waals surface area contributed by atoms with Crippen LogP contribution in [0.2, 0.25) is 0 Å². The summed E-state index contributed by atoms with van der Waals surface area (Å²) >= 11 is 0. The SMILES string of the molecule is [C-]#[N+]c1ccc(-c2ccc(N=Nc3ccc(OCCCCCCCCCCCCSSCCCCCCCCCCCC)cc3)cc2)cc1. The van der Waals surface area contributed by atoms with E-state index in [1.807, 2.05) is 72.8 Å². The minimum atomic E-state index is 0.649. The zero-order chi connectivity index (χ0) is 34.5. The van der Waals surface area contributed by atoms with Crippen LogP contribution < -0.4 is 4.74 Å². The Labute approximate surface area is 306 Å². The quantitative estimate of drug-likeness (QED) is 0.0313. The molecule has 0 heterocycles. The van der Waals surface area contributed by atoms with E-state index in [1.165, 1.54) is 134 Å². The minimum Gasteiger partial charge on any atom is -0.494 e. The molecule has 0 saturated heterocycles. The third-order valence-electron chi connectivity index (χ3n) is 8.87. The van der Waals surface area contributed by atoms with E-state index in [4.69, 9.17) is 11.3 Å². The van der Waals surface area contributed by atoms with Gasteiger partial charge in [0, 0.05) is 11.5 Å². The summed E-state index contributed by atoms with van der Waals surface area (Å²) in [5, 5.41) is 8.75. The molecule has 266 valence electrons. The van der Waals surface area contributed by atoms with Gasteiger partial charge in [-0.2, -0.15) is 10.2 Å². The van der Waals surface area contributed by atoms with Gasteiger partial charge in [-0.25, -0.2) is 4.85 Å². The Balaban J connectivity index is 1.07. The Bertz CT molecular complexity index is 1290. The molecule has 3 aromatic rings. The van der Waals surface area contributed by atoms with E-state index in [0.717, 1.165) is 41.3 Å². The highest BCUT2D eigenvalue weighted by atomic mass is 33.1. The smallest absolute Gasteiger partial charge is 0.187 e. The number of azo groups is 1. The van der Waals surface area contributed by atoms with Crippen molar-refractivity contribution in [3.05, 3.63) is 84.2 Å². The number of nitrogens with zero attached hydrogens (tertiary/aromatic N) is 3. The van der Waals surface area contributed by atoms with E-state index in [1.54, 1.807) is 0 Å². The van der Waals surface area contributed by atoms with E-state index in [-0.39, 0.29) is 0 Å². The van der Waals surface area contributed by atoms with Crippen molar-refractivity contribution in [2.45, 2.75) is 135 Å². The van der Waals surface area contributed by atoms with Crippen LogP contribution in [0.4, 0.5) is 17.1 Å². The first-order valence-electron chi connectivity index (χ1n) is 19.3. The molecule has 49 heavy (non-hydrogen) atoms. The van der Waals surface area contributed by atoms with Crippen LogP contribution in [0.1, 0.15) is 135 Å². The summed E-state index contributed by atoms with van der Waals surface area (Å²) in [7, 11) is 4.22. The van der Waals surface area contributed by atoms with Crippen molar-refractivity contribution >= 4 is 38.6 Å². The first-order valence-corrected chi connectivity index (χ1v) is 21.7. The van der Waals surface area contributed by atoms with Crippen molar-refractivity contribution in [1.82, 2.24) is 0 Å². The third kappa shape index (κ3) is 19.9. The Morgan fingerprint density at radius 3 is 1.33 bits per heavy atom. The molecular weight excluding hydrogens is 639 g/mol. The van der Waals surface area contributed by atoms with Gasteiger partial charge >= 0.3 is 0 Å². The summed E-state index contributed by atoms with van der Waals surface area (Å²) in [5.41, 5.74) is 4.42. The molecule has 3 aromatic carbocycles. The lowest BCUT2D eigenvalue weighted by atomic mass is 10.1. The molecule has 0 amide bonds. The molecule has 0 aliphatic heterocycles. The van der Waals surface area contributed by atoms with Crippen molar-refractivity contribution < 1.29 is 4.74 Å². The largest absolute Gasteiger partial charge is 0.494 e. The fraction of sp³-hybridized carbons (Fsp3) is 0.558. The second-order valence-corrected chi connectivity index (χ2v) is 15.8. The molecule has 6 heteroatoms. The van der Waals surface area contributed by atoms with Crippen molar-refractivity contribution in [2.75, 3.05) is 18.1 Å². The van der Waals surface area contributed by atoms with Gasteiger partial charge in [-0.1, -0.05) is 174 Å². The summed E-state index contributed by atoms with van der Waals surface area (Å²) in [5.74, 6) is 3.56. The molecule has 3 rings (SSSR count). The maximum Gasteiger partial charge on any atom is 0.187 e. The van der Waals surface area contributed by atoms with E-state index < -0.39 is 0 Å². The lowest BCUT2D eigenvalue weighted by Gasteiger charge is -2.06. The lowest BCUT2D eigenvalue weighted by Crippen LogP contribution is -1.96. The predicted octanol–water partition coefficient (Wildman–Crippen LogP) is 15.9. The summed E-state index contributed by atoms with van der Waals surface area (Å²) in [4.78, 5) is 3.45. The highest BCUT2D eigenvalue weighted by molar-refractivity contribution is 8.76. The molecule has 0 unspecified atom stereocenters. The van der Waals surface area contributed by atoms with Gasteiger partial charge in [0.05, 0.1) is 24.6 Å². The van der Waals surface area contributed by atoms with Crippen LogP contribution in [0.15, 0.2) is 83.0 Å². The van der Waals surface area contributed by atoms with Gasteiger partial charge in [0.25, 0.3) is 0 Å². The molecule has 0 aliphatic rings. The van der Waals surface area contributed by atoms with E-state index in [9.17, 15) is 0 Å². The topological polar surface area (TPSA) is 38.3 Å². The second-order valence-electron chi connectivity index (χ2n) is 13.1. The highest BCUT2D eigenvalue weighted by Crippen LogP contribution is 2.27. The zero-order valence-corrected chi connectivity index (χ0v) is 31.9. The lowest BCUT2D eigenvalue weighted by molar-refractivity contribution is 0.304. The van der Waals surface area contributed by atoms with Crippen LogP contribution in [0, 0.1) is 6.57 Å². The molecule has 0 aliphatic carbocycles. The molecule has 0 radical (unpaired) electrons. The fourth-order valence-corrected chi connectivity index (χ4v) is 8.10. The molecule has 0 aromatic heterocycles. The molecule has 0 bridgehead atoms. The molecule has 4 nitrogen and oxygen atoms in total. The summed E-state index contributed by atoms with van der Waals surface area (Å²) in [6.07, 6.45) is 27.7. The summed E-state index contributed by atoms with van der Waals surface area (Å²) in [6, 6.07) is 23.4. The molecule has 0 spiro atoms. The second kappa shape index (κ2) is 28.0. The maximum atomic E-state index is 7.09. The Morgan fingerprint density at radius 1 is 0.490 bits per heavy atom. The maximum absolute atomic E-state index is 7.09. The van der Waals surface area contributed by atoms with Crippen molar-refractivity contribution in [1.29, 1.82) is 0 Å². The van der Waals surface area contributed by atoms with Gasteiger partial charge in [-0.3, -0.25) is 0 Å². The van der Waals surface area contributed by atoms with Crippen molar-refractivity contribution in [3.8, 4) is 16.9 Å². The third-order valence-corrected chi connectivity index (χ3v) is 11.4. The first-order chi connectivity index (χ1) is 24.3. The average Bonchev–Trinajstić information content (AvgIpc) is 3.14. The van der Waals surface area contributed by atoms with Gasteiger partial charge in [0.1, 0.15) is 5.75 Å². The average molecular weight is 700 g/mol. The number of hydrogen-bond acceptors (Lipinski definition) is 5. The molecule has 0 saturated carbocycles. The van der Waals surface area contributed by atoms with Crippen LogP contribution in [0.3, 0.4) is 0 Å². The Morgan fingerprint density at radius 2 is 0.878 bits per heavy atom. The molecular formula is C43H61N3OS2. The van der Waals surface area contributed by atoms with Gasteiger partial charge in [-0.05, 0) is 66.8 Å². The normalized spacial score (nSPS) is 11.3. The molecule has 0 N–H and O–H groups in total. The van der Waals surface area contributed by atoms with Crippen LogP contribution in [0.25, 0.3) is 16.0 Å². The number of rotatable bonds is 29. The zero-order valence-electron chi connectivity index (χ0n) is 30.3. The number of benzene rings is 3. The van der Waals surface area contributed by atoms with Crippen LogP contribution in [-0.2, 0) is 0 Å². The van der Waals surface area contributed by atoms with E-state index in [0.29, 0.717) is 5.69 Å². The van der Waals surface area contributed by atoms with Crippen molar-refractivity contribution in [2.24, 2.45) is 10.2 Å². The number of hydrogen-bond donors (Lipinski definition) is 0. The number of ether oxygens (including phenoxy) is 1. The van der Waals surface area contributed by atoms with Crippen molar-refractivity contribution in [3.63, 3.8) is 0 Å². The van der Waals surface area contributed by atoms with Gasteiger partial charge in [-0.15, -0.1) is 0 Å². The van der Waals surface area contributed by atoms with Crippen LogP contribution in [0.5, 0.6) is 5.75 Å². The minimum absolute atomic E-state index is 0.649. The monoisotopic (exact) mass is 699 g/mol.